The molecule has 14 heavy (non-hydrogen) atoms. The second kappa shape index (κ2) is 3.05. The van der Waals surface area contributed by atoms with Gasteiger partial charge in [-0.2, -0.15) is 5.10 Å². The zero-order valence-corrected chi connectivity index (χ0v) is 9.82. The second-order valence-corrected chi connectivity index (χ2v) is 5.46. The Kier molecular flexibility index (Phi) is 1.93. The summed E-state index contributed by atoms with van der Waals surface area (Å²) in [4.78, 5) is 11.4. The third-order valence-corrected chi connectivity index (χ3v) is 4.13. The van der Waals surface area contributed by atoms with Gasteiger partial charge in [0.25, 0.3) is 0 Å². The van der Waals surface area contributed by atoms with E-state index in [1.165, 1.54) is 5.69 Å². The van der Waals surface area contributed by atoms with E-state index < -0.39 is 0 Å². The van der Waals surface area contributed by atoms with E-state index in [0.717, 1.165) is 23.0 Å². The summed E-state index contributed by atoms with van der Waals surface area (Å²) >= 11 is 2.21. The van der Waals surface area contributed by atoms with Crippen molar-refractivity contribution in [3.8, 4) is 0 Å². The summed E-state index contributed by atoms with van der Waals surface area (Å²) in [6.45, 7) is 0. The van der Waals surface area contributed by atoms with Gasteiger partial charge in [-0.15, -0.1) is 0 Å². The van der Waals surface area contributed by atoms with Crippen LogP contribution in [0.1, 0.15) is 30.9 Å². The summed E-state index contributed by atoms with van der Waals surface area (Å²) in [5.74, 6) is 1.99. The van der Waals surface area contributed by atoms with Gasteiger partial charge in [0.2, 0.25) is 0 Å². The van der Waals surface area contributed by atoms with Gasteiger partial charge in [-0.1, -0.05) is 0 Å². The van der Waals surface area contributed by atoms with Crippen molar-refractivity contribution in [3.05, 3.63) is 15.5 Å². The molecule has 2 fully saturated rings. The number of nitrogens with one attached hydrogen (secondary N) is 1. The van der Waals surface area contributed by atoms with Crippen LogP contribution in [0.2, 0.25) is 0 Å². The van der Waals surface area contributed by atoms with Gasteiger partial charge in [0, 0.05) is 24.0 Å². The van der Waals surface area contributed by atoms with Crippen LogP contribution in [0.4, 0.5) is 0 Å². The lowest BCUT2D eigenvalue weighted by Crippen LogP contribution is -2.16. The highest BCUT2D eigenvalue weighted by Gasteiger charge is 2.46. The minimum absolute atomic E-state index is 0.353. The molecule has 3 rings (SSSR count). The topological polar surface area (TPSA) is 45.8 Å². The van der Waals surface area contributed by atoms with E-state index in [1.807, 2.05) is 0 Å². The molecule has 1 aromatic rings. The van der Waals surface area contributed by atoms with E-state index in [1.54, 1.807) is 0 Å². The summed E-state index contributed by atoms with van der Waals surface area (Å²) in [5, 5.41) is 7.22. The number of nitrogens with zero attached hydrogens (tertiary/aromatic N) is 1. The molecule has 1 heterocycles. The zero-order chi connectivity index (χ0) is 9.71. The van der Waals surface area contributed by atoms with Gasteiger partial charge >= 0.3 is 0 Å². The smallest absolute Gasteiger partial charge is 0.136 e. The Balaban J connectivity index is 1.86. The first-order valence-electron chi connectivity index (χ1n) is 4.97. The molecule has 0 saturated heterocycles. The molecule has 1 N–H and O–H groups in total. The predicted molar refractivity (Wildman–Crippen MR) is 59.9 cm³/mol. The van der Waals surface area contributed by atoms with Gasteiger partial charge < -0.3 is 0 Å². The summed E-state index contributed by atoms with van der Waals surface area (Å²) in [6.07, 6.45) is 2.95. The minimum Gasteiger partial charge on any atom is -0.299 e. The summed E-state index contributed by atoms with van der Waals surface area (Å²) in [5.41, 5.74) is 1.23. The van der Waals surface area contributed by atoms with E-state index >= 15 is 0 Å². The fraction of sp³-hybridized carbons (Fsp3) is 0.600. The van der Waals surface area contributed by atoms with Crippen LogP contribution in [0.3, 0.4) is 0 Å². The summed E-state index contributed by atoms with van der Waals surface area (Å²) in [6, 6.07) is 2.11. The Morgan fingerprint density at radius 1 is 1.50 bits per heavy atom. The number of halogens is 1. The van der Waals surface area contributed by atoms with Gasteiger partial charge in [-0.3, -0.25) is 9.89 Å². The Bertz CT molecular complexity index is 387. The Morgan fingerprint density at radius 2 is 2.36 bits per heavy atom. The number of Topliss-reactive ketones (excluding diaryl/α,β-unsaturated/α-hetero) is 1. The second-order valence-electron chi connectivity index (χ2n) is 4.35. The number of hydrogen-bond donors (Lipinski definition) is 1. The van der Waals surface area contributed by atoms with Gasteiger partial charge in [0.05, 0.1) is 0 Å². The monoisotopic (exact) mass is 302 g/mol. The van der Waals surface area contributed by atoms with Crippen molar-refractivity contribution in [1.82, 2.24) is 10.2 Å². The summed E-state index contributed by atoms with van der Waals surface area (Å²) in [7, 11) is 0. The molecular formula is C10H11IN2O. The maximum absolute atomic E-state index is 11.4. The van der Waals surface area contributed by atoms with Crippen LogP contribution in [-0.4, -0.2) is 16.0 Å². The maximum atomic E-state index is 11.4. The van der Waals surface area contributed by atoms with Crippen molar-refractivity contribution in [2.45, 2.75) is 25.2 Å². The average Bonchev–Trinajstić information content (AvgIpc) is 2.77. The maximum Gasteiger partial charge on any atom is 0.136 e. The molecule has 2 aliphatic rings. The number of hydrogen-bond acceptors (Lipinski definition) is 2. The minimum atomic E-state index is 0.353. The van der Waals surface area contributed by atoms with Gasteiger partial charge in [0.1, 0.15) is 9.48 Å². The number of fused-ring (bicyclic) bond motifs is 2. The molecule has 2 aliphatic carbocycles. The number of aromatic amines is 1. The Labute approximate surface area is 95.8 Å². The molecule has 1 aromatic heterocycles. The van der Waals surface area contributed by atoms with Crippen LogP contribution < -0.4 is 0 Å². The van der Waals surface area contributed by atoms with Crippen molar-refractivity contribution in [1.29, 1.82) is 0 Å². The quantitative estimate of drug-likeness (QED) is 0.808. The van der Waals surface area contributed by atoms with E-state index in [-0.39, 0.29) is 0 Å². The lowest BCUT2D eigenvalue weighted by Gasteiger charge is -2.18. The first kappa shape index (κ1) is 8.88. The molecule has 3 nitrogen and oxygen atoms in total. The number of aromatic nitrogens is 2. The average molecular weight is 302 g/mol. The van der Waals surface area contributed by atoms with Crippen LogP contribution in [0, 0.1) is 15.5 Å². The molecule has 2 bridgehead atoms. The summed E-state index contributed by atoms with van der Waals surface area (Å²) < 4.78 is 1.02. The SMILES string of the molecule is O=C1C[C@@H]2CC1CC2c1cc(I)n[nH]1. The first-order valence-corrected chi connectivity index (χ1v) is 6.05. The molecular weight excluding hydrogens is 291 g/mol. The fourth-order valence-corrected chi connectivity index (χ4v) is 3.38. The predicted octanol–water partition coefficient (Wildman–Crippen LogP) is 2.10. The largest absolute Gasteiger partial charge is 0.299 e. The molecule has 74 valence electrons. The molecule has 4 heteroatoms. The van der Waals surface area contributed by atoms with Crippen molar-refractivity contribution in [3.63, 3.8) is 0 Å². The molecule has 2 saturated carbocycles. The van der Waals surface area contributed by atoms with Crippen LogP contribution in [0.25, 0.3) is 0 Å². The van der Waals surface area contributed by atoms with Crippen molar-refractivity contribution in [2.24, 2.45) is 11.8 Å². The van der Waals surface area contributed by atoms with Gasteiger partial charge in [-0.25, -0.2) is 0 Å². The molecule has 0 aliphatic heterocycles. The van der Waals surface area contributed by atoms with Crippen molar-refractivity contribution in [2.75, 3.05) is 0 Å². The first-order chi connectivity index (χ1) is 6.74. The van der Waals surface area contributed by atoms with E-state index in [9.17, 15) is 4.79 Å². The Morgan fingerprint density at radius 3 is 2.86 bits per heavy atom. The lowest BCUT2D eigenvalue weighted by atomic mass is 9.86. The number of carbonyl (C=O) groups excluding carboxylic acids is 1. The highest BCUT2D eigenvalue weighted by Crippen LogP contribution is 2.50. The van der Waals surface area contributed by atoms with E-state index in [4.69, 9.17) is 0 Å². The normalized spacial score (nSPS) is 35.5. The van der Waals surface area contributed by atoms with E-state index in [0.29, 0.717) is 23.5 Å². The number of H-pyrrole nitrogens is 1. The third-order valence-electron chi connectivity index (χ3n) is 3.58. The molecule has 2 unspecified atom stereocenters. The molecule has 0 aromatic carbocycles. The van der Waals surface area contributed by atoms with Crippen LogP contribution in [0.15, 0.2) is 6.07 Å². The zero-order valence-electron chi connectivity index (χ0n) is 7.66. The van der Waals surface area contributed by atoms with Crippen LogP contribution in [0.5, 0.6) is 0 Å². The Hall–Kier alpha value is -0.390. The van der Waals surface area contributed by atoms with Crippen LogP contribution in [-0.2, 0) is 4.79 Å². The number of rotatable bonds is 1. The highest BCUT2D eigenvalue weighted by atomic mass is 127. The number of carbonyl (C=O) groups is 1. The van der Waals surface area contributed by atoms with Crippen molar-refractivity contribution < 1.29 is 4.79 Å². The molecule has 0 radical (unpaired) electrons. The molecule has 3 atom stereocenters. The van der Waals surface area contributed by atoms with Gasteiger partial charge in [0.15, 0.2) is 0 Å². The van der Waals surface area contributed by atoms with E-state index in [2.05, 4.69) is 38.9 Å². The lowest BCUT2D eigenvalue weighted by molar-refractivity contribution is -0.121. The highest BCUT2D eigenvalue weighted by molar-refractivity contribution is 14.1. The van der Waals surface area contributed by atoms with Crippen LogP contribution >= 0.6 is 22.6 Å². The number of ketones is 1. The molecule has 0 amide bonds. The molecule has 0 spiro atoms. The fourth-order valence-electron chi connectivity index (χ4n) is 2.92. The van der Waals surface area contributed by atoms with Crippen molar-refractivity contribution >= 4 is 28.4 Å². The third kappa shape index (κ3) is 1.23. The van der Waals surface area contributed by atoms with Gasteiger partial charge in [-0.05, 0) is 47.4 Å². The standard InChI is InChI=1S/C10H11IN2O/c11-10-4-8(12-13-10)7-2-6-1-5(7)3-9(6)14/h4-7H,1-3H2,(H,12,13)/t5-,6?,7?/m0/s1.